The summed E-state index contributed by atoms with van der Waals surface area (Å²) in [5.41, 5.74) is 0.334. The summed E-state index contributed by atoms with van der Waals surface area (Å²) in [6.45, 7) is 0.241. The predicted octanol–water partition coefficient (Wildman–Crippen LogP) is 3.00. The van der Waals surface area contributed by atoms with E-state index < -0.39 is 11.8 Å². The third kappa shape index (κ3) is 3.45. The zero-order valence-corrected chi connectivity index (χ0v) is 11.3. The molecule has 0 aliphatic carbocycles. The Morgan fingerprint density at radius 3 is 2.57 bits per heavy atom. The van der Waals surface area contributed by atoms with E-state index in [1.54, 1.807) is 0 Å². The first kappa shape index (κ1) is 14.7. The van der Waals surface area contributed by atoms with E-state index in [2.05, 4.69) is 4.74 Å². The summed E-state index contributed by atoms with van der Waals surface area (Å²) in [6.07, 6.45) is 0.331. The lowest BCUT2D eigenvalue weighted by Gasteiger charge is -2.10. The molecule has 0 spiro atoms. The lowest BCUT2D eigenvalue weighted by molar-refractivity contribution is 0.0595. The summed E-state index contributed by atoms with van der Waals surface area (Å²) in [5.74, 6) is -1.55. The van der Waals surface area contributed by atoms with Crippen molar-refractivity contribution < 1.29 is 23.5 Å². The van der Waals surface area contributed by atoms with Crippen LogP contribution in [0.1, 0.15) is 26.3 Å². The van der Waals surface area contributed by atoms with Gasteiger partial charge in [-0.15, -0.1) is 0 Å². The highest BCUT2D eigenvalue weighted by Gasteiger charge is 2.18. The van der Waals surface area contributed by atoms with Crippen LogP contribution in [-0.2, 0) is 11.3 Å². The van der Waals surface area contributed by atoms with Gasteiger partial charge < -0.3 is 9.47 Å². The Morgan fingerprint density at radius 1 is 1.24 bits per heavy atom. The Labute approximate surface area is 121 Å². The topological polar surface area (TPSA) is 52.6 Å². The molecule has 5 heteroatoms. The number of carbonyl (C=O) groups is 2. The van der Waals surface area contributed by atoms with Crippen molar-refractivity contribution in [1.29, 1.82) is 0 Å². The standard InChI is InChI=1S/C16H13FO4/c1-20-16(19)14-8-13(7-12(9-18)15(14)17)21-10-11-5-3-2-4-6-11/h2-9H,10H2,1H3. The van der Waals surface area contributed by atoms with Gasteiger partial charge in [-0.05, 0) is 17.7 Å². The van der Waals surface area contributed by atoms with Crippen molar-refractivity contribution in [3.63, 3.8) is 0 Å². The van der Waals surface area contributed by atoms with Gasteiger partial charge in [0.1, 0.15) is 18.2 Å². The number of hydrogen-bond acceptors (Lipinski definition) is 4. The second-order valence-corrected chi connectivity index (χ2v) is 4.26. The van der Waals surface area contributed by atoms with Gasteiger partial charge in [-0.25, -0.2) is 9.18 Å². The summed E-state index contributed by atoms with van der Waals surface area (Å²) >= 11 is 0. The molecule has 0 unspecified atom stereocenters. The Balaban J connectivity index is 2.27. The van der Waals surface area contributed by atoms with Crippen molar-refractivity contribution in [3.8, 4) is 5.75 Å². The number of esters is 1. The minimum atomic E-state index is -0.913. The third-order valence-electron chi connectivity index (χ3n) is 2.85. The van der Waals surface area contributed by atoms with Gasteiger partial charge in [0.15, 0.2) is 6.29 Å². The molecule has 0 amide bonds. The van der Waals surface area contributed by atoms with Crippen molar-refractivity contribution in [2.45, 2.75) is 6.61 Å². The fraction of sp³-hybridized carbons (Fsp3) is 0.125. The number of carbonyl (C=O) groups excluding carboxylic acids is 2. The molecule has 0 heterocycles. The Hall–Kier alpha value is -2.69. The largest absolute Gasteiger partial charge is 0.489 e. The zero-order chi connectivity index (χ0) is 15.2. The molecule has 2 rings (SSSR count). The van der Waals surface area contributed by atoms with Crippen LogP contribution in [0.5, 0.6) is 5.75 Å². The predicted molar refractivity (Wildman–Crippen MR) is 73.9 cm³/mol. The number of aldehydes is 1. The highest BCUT2D eigenvalue weighted by atomic mass is 19.1. The van der Waals surface area contributed by atoms with Crippen LogP contribution >= 0.6 is 0 Å². The molecule has 0 radical (unpaired) electrons. The van der Waals surface area contributed by atoms with E-state index in [1.807, 2.05) is 30.3 Å². The summed E-state index contributed by atoms with van der Waals surface area (Å²) in [7, 11) is 1.14. The SMILES string of the molecule is COC(=O)c1cc(OCc2ccccc2)cc(C=O)c1F. The molecule has 0 N–H and O–H groups in total. The minimum absolute atomic E-state index is 0.225. The maximum absolute atomic E-state index is 13.9. The molecule has 0 aliphatic rings. The summed E-state index contributed by atoms with van der Waals surface area (Å²) < 4.78 is 23.8. The van der Waals surface area contributed by atoms with Crippen LogP contribution in [-0.4, -0.2) is 19.4 Å². The number of ether oxygens (including phenoxy) is 2. The van der Waals surface area contributed by atoms with Crippen LogP contribution < -0.4 is 4.74 Å². The fourth-order valence-electron chi connectivity index (χ4n) is 1.79. The van der Waals surface area contributed by atoms with Crippen molar-refractivity contribution in [1.82, 2.24) is 0 Å². The molecule has 108 valence electrons. The number of halogens is 1. The molecule has 0 fully saturated rings. The van der Waals surface area contributed by atoms with E-state index >= 15 is 0 Å². The van der Waals surface area contributed by atoms with E-state index in [4.69, 9.17) is 4.74 Å². The van der Waals surface area contributed by atoms with Gasteiger partial charge in [0.2, 0.25) is 0 Å². The number of rotatable bonds is 5. The Kier molecular flexibility index (Phi) is 4.66. The van der Waals surface area contributed by atoms with Crippen LogP contribution in [0.25, 0.3) is 0 Å². The molecule has 2 aromatic carbocycles. The first-order chi connectivity index (χ1) is 10.2. The Bertz CT molecular complexity index is 653. The van der Waals surface area contributed by atoms with Gasteiger partial charge in [0.25, 0.3) is 0 Å². The van der Waals surface area contributed by atoms with Crippen LogP contribution in [0, 0.1) is 5.82 Å². The lowest BCUT2D eigenvalue weighted by Crippen LogP contribution is -2.08. The van der Waals surface area contributed by atoms with Crippen LogP contribution in [0.3, 0.4) is 0 Å². The Morgan fingerprint density at radius 2 is 1.95 bits per heavy atom. The van der Waals surface area contributed by atoms with Crippen molar-refractivity contribution >= 4 is 12.3 Å². The van der Waals surface area contributed by atoms with Crippen molar-refractivity contribution in [3.05, 3.63) is 65.0 Å². The van der Waals surface area contributed by atoms with Gasteiger partial charge in [-0.1, -0.05) is 30.3 Å². The van der Waals surface area contributed by atoms with Gasteiger partial charge in [-0.2, -0.15) is 0 Å². The van der Waals surface area contributed by atoms with E-state index in [9.17, 15) is 14.0 Å². The second-order valence-electron chi connectivity index (χ2n) is 4.26. The highest BCUT2D eigenvalue weighted by Crippen LogP contribution is 2.22. The van der Waals surface area contributed by atoms with Gasteiger partial charge in [0.05, 0.1) is 18.2 Å². The number of benzene rings is 2. The van der Waals surface area contributed by atoms with Gasteiger partial charge >= 0.3 is 5.97 Å². The lowest BCUT2D eigenvalue weighted by atomic mass is 10.1. The highest BCUT2D eigenvalue weighted by molar-refractivity contribution is 5.92. The maximum Gasteiger partial charge on any atom is 0.341 e. The van der Waals surface area contributed by atoms with E-state index in [0.717, 1.165) is 12.7 Å². The molecule has 2 aromatic rings. The van der Waals surface area contributed by atoms with Gasteiger partial charge in [0, 0.05) is 0 Å². The van der Waals surface area contributed by atoms with Crippen molar-refractivity contribution in [2.75, 3.05) is 7.11 Å². The zero-order valence-electron chi connectivity index (χ0n) is 11.3. The maximum atomic E-state index is 13.9. The average molecular weight is 288 g/mol. The monoisotopic (exact) mass is 288 g/mol. The van der Waals surface area contributed by atoms with E-state index in [-0.39, 0.29) is 23.5 Å². The molecular formula is C16H13FO4. The van der Waals surface area contributed by atoms with Crippen LogP contribution in [0.4, 0.5) is 4.39 Å². The normalized spacial score (nSPS) is 10.0. The molecule has 0 aromatic heterocycles. The molecular weight excluding hydrogens is 275 g/mol. The van der Waals surface area contributed by atoms with Crippen molar-refractivity contribution in [2.24, 2.45) is 0 Å². The average Bonchev–Trinajstić information content (AvgIpc) is 2.54. The number of hydrogen-bond donors (Lipinski definition) is 0. The molecule has 0 saturated heterocycles. The van der Waals surface area contributed by atoms with E-state index in [1.165, 1.54) is 12.1 Å². The van der Waals surface area contributed by atoms with Crippen LogP contribution in [0.15, 0.2) is 42.5 Å². The molecule has 0 atom stereocenters. The number of methoxy groups -OCH3 is 1. The summed E-state index contributed by atoms with van der Waals surface area (Å²) in [4.78, 5) is 22.4. The van der Waals surface area contributed by atoms with E-state index in [0.29, 0.717) is 6.29 Å². The molecule has 0 bridgehead atoms. The first-order valence-corrected chi connectivity index (χ1v) is 6.19. The third-order valence-corrected chi connectivity index (χ3v) is 2.85. The molecule has 4 nitrogen and oxygen atoms in total. The van der Waals surface area contributed by atoms with Gasteiger partial charge in [-0.3, -0.25) is 4.79 Å². The smallest absolute Gasteiger partial charge is 0.341 e. The molecule has 0 aliphatic heterocycles. The quantitative estimate of drug-likeness (QED) is 0.627. The second kappa shape index (κ2) is 6.65. The molecule has 21 heavy (non-hydrogen) atoms. The minimum Gasteiger partial charge on any atom is -0.489 e. The van der Waals surface area contributed by atoms with Crippen LogP contribution in [0.2, 0.25) is 0 Å². The molecule has 0 saturated carbocycles. The summed E-state index contributed by atoms with van der Waals surface area (Å²) in [5, 5.41) is 0. The fourth-order valence-corrected chi connectivity index (χ4v) is 1.79. The first-order valence-electron chi connectivity index (χ1n) is 6.19. The summed E-state index contributed by atoms with van der Waals surface area (Å²) in [6, 6.07) is 11.8.